The third-order valence-corrected chi connectivity index (χ3v) is 1.29. The molecule has 0 aromatic carbocycles. The molecule has 0 aromatic rings. The summed E-state index contributed by atoms with van der Waals surface area (Å²) in [6, 6.07) is 10.5. The van der Waals surface area contributed by atoms with Crippen molar-refractivity contribution >= 4 is 0 Å². The Morgan fingerprint density at radius 3 is 3.22 bits per heavy atom. The Bertz CT molecular complexity index is 245. The van der Waals surface area contributed by atoms with Gasteiger partial charge in [0.2, 0.25) is 0 Å². The van der Waals surface area contributed by atoms with Crippen LogP contribution in [0.2, 0.25) is 0 Å². The van der Waals surface area contributed by atoms with E-state index in [2.05, 4.69) is 6.07 Å². The van der Waals surface area contributed by atoms with E-state index in [0.29, 0.717) is 0 Å². The quantitative estimate of drug-likeness (QED) is 0.515. The van der Waals surface area contributed by atoms with Crippen molar-refractivity contribution in [3.05, 3.63) is 36.6 Å². The lowest BCUT2D eigenvalue weighted by atomic mass is 10.3. The summed E-state index contributed by atoms with van der Waals surface area (Å²) in [6.07, 6.45) is 1.66. The van der Waals surface area contributed by atoms with E-state index in [1.807, 2.05) is 24.3 Å². The van der Waals surface area contributed by atoms with Gasteiger partial charge >= 0.3 is 0 Å². The van der Waals surface area contributed by atoms with Crippen LogP contribution >= 0.6 is 0 Å². The van der Waals surface area contributed by atoms with E-state index in [0.717, 1.165) is 11.3 Å². The van der Waals surface area contributed by atoms with Gasteiger partial charge < -0.3 is 4.42 Å². The van der Waals surface area contributed by atoms with Gasteiger partial charge in [0.25, 0.3) is 0 Å². The molecule has 2 aliphatic rings. The van der Waals surface area contributed by atoms with Gasteiger partial charge in [-0.15, -0.1) is 0 Å². The van der Waals surface area contributed by atoms with Crippen molar-refractivity contribution in [1.82, 2.24) is 0 Å². The van der Waals surface area contributed by atoms with Crippen LogP contribution in [0.25, 0.3) is 11.3 Å². The molecule has 1 heteroatoms. The first-order chi connectivity index (χ1) is 4.47. The molecule has 0 aromatic heterocycles. The molecular formula is C8H5O. The lowest BCUT2D eigenvalue weighted by molar-refractivity contribution is 0.567. The van der Waals surface area contributed by atoms with Crippen LogP contribution in [0.4, 0.5) is 0 Å². The van der Waals surface area contributed by atoms with Crippen LogP contribution in [0.1, 0.15) is 0 Å². The number of hydrogen-bond acceptors (Lipinski definition) is 1. The van der Waals surface area contributed by atoms with Gasteiger partial charge in [0.1, 0.15) is 5.76 Å². The summed E-state index contributed by atoms with van der Waals surface area (Å²) >= 11 is 0. The molecule has 43 valence electrons. The van der Waals surface area contributed by atoms with Crippen LogP contribution < -0.4 is 0 Å². The fraction of sp³-hybridized carbons (Fsp3) is 0. The van der Waals surface area contributed by atoms with E-state index in [-0.39, 0.29) is 0 Å². The summed E-state index contributed by atoms with van der Waals surface area (Å²) in [4.78, 5) is 0. The predicted octanol–water partition coefficient (Wildman–Crippen LogP) is 2.18. The van der Waals surface area contributed by atoms with Gasteiger partial charge in [0.05, 0.1) is 6.26 Å². The zero-order valence-corrected chi connectivity index (χ0v) is 4.79. The van der Waals surface area contributed by atoms with Gasteiger partial charge in [-0.05, 0) is 30.3 Å². The van der Waals surface area contributed by atoms with Crippen molar-refractivity contribution in [2.24, 2.45) is 0 Å². The highest BCUT2D eigenvalue weighted by atomic mass is 16.3. The molecule has 0 saturated heterocycles. The van der Waals surface area contributed by atoms with Crippen molar-refractivity contribution in [2.45, 2.75) is 0 Å². The third-order valence-electron chi connectivity index (χ3n) is 1.29. The van der Waals surface area contributed by atoms with Gasteiger partial charge in [-0.1, -0.05) is 0 Å². The van der Waals surface area contributed by atoms with E-state index in [9.17, 15) is 0 Å². The highest BCUT2D eigenvalue weighted by molar-refractivity contribution is 5.58. The highest BCUT2D eigenvalue weighted by Gasteiger charge is 1.99. The molecule has 0 amide bonds. The minimum Gasteiger partial charge on any atom is -0.464 e. The third kappa shape index (κ3) is 0.617. The van der Waals surface area contributed by atoms with Crippen molar-refractivity contribution in [1.29, 1.82) is 0 Å². The summed E-state index contributed by atoms with van der Waals surface area (Å²) in [6.45, 7) is 0. The van der Waals surface area contributed by atoms with Crippen molar-refractivity contribution in [2.75, 3.05) is 0 Å². The van der Waals surface area contributed by atoms with E-state index in [1.54, 1.807) is 6.26 Å². The Labute approximate surface area is 53.3 Å². The molecule has 0 unspecified atom stereocenters. The Kier molecular flexibility index (Phi) is 0.833. The molecule has 0 saturated carbocycles. The number of fused-ring (bicyclic) bond motifs is 1. The zero-order valence-electron chi connectivity index (χ0n) is 4.79. The maximum absolute atomic E-state index is 5.12. The molecule has 0 N–H and O–H groups in total. The summed E-state index contributed by atoms with van der Waals surface area (Å²) in [5.74, 6) is 0.900. The molecule has 1 heterocycles. The molecule has 0 spiro atoms. The second-order valence-corrected chi connectivity index (χ2v) is 1.89. The minimum atomic E-state index is 0.900. The molecule has 2 rings (SSSR count). The van der Waals surface area contributed by atoms with E-state index in [1.165, 1.54) is 0 Å². The highest BCUT2D eigenvalue weighted by Crippen LogP contribution is 2.20. The van der Waals surface area contributed by atoms with Crippen LogP contribution in [0.3, 0.4) is 0 Å². The molecule has 1 aliphatic carbocycles. The van der Waals surface area contributed by atoms with Gasteiger partial charge in [-0.3, -0.25) is 0 Å². The Morgan fingerprint density at radius 2 is 2.33 bits per heavy atom. The Balaban J connectivity index is 2.79. The predicted molar refractivity (Wildman–Crippen MR) is 34.2 cm³/mol. The van der Waals surface area contributed by atoms with Gasteiger partial charge in [0.15, 0.2) is 0 Å². The summed E-state index contributed by atoms with van der Waals surface area (Å²) in [7, 11) is 0. The Morgan fingerprint density at radius 1 is 1.33 bits per heavy atom. The van der Waals surface area contributed by atoms with Crippen LogP contribution in [-0.2, 0) is 0 Å². The standard InChI is InChI=1S/C8H5O/c1-3-7-4-2-6-9-8(7)5-1/h2-6H. The maximum Gasteiger partial charge on any atom is 0.134 e. The fourth-order valence-corrected chi connectivity index (χ4v) is 0.849. The number of rotatable bonds is 0. The first-order valence-electron chi connectivity index (χ1n) is 2.80. The lowest BCUT2D eigenvalue weighted by Gasteiger charge is -1.92. The normalized spacial score (nSPS) is 10.2. The van der Waals surface area contributed by atoms with Crippen LogP contribution in [0.15, 0.2) is 34.9 Å². The van der Waals surface area contributed by atoms with Gasteiger partial charge in [-0.25, -0.2) is 0 Å². The molecule has 9 heavy (non-hydrogen) atoms. The van der Waals surface area contributed by atoms with Gasteiger partial charge in [0, 0.05) is 5.56 Å². The van der Waals surface area contributed by atoms with Crippen LogP contribution in [0.5, 0.6) is 0 Å². The molecule has 1 radical (unpaired) electrons. The van der Waals surface area contributed by atoms with E-state index >= 15 is 0 Å². The van der Waals surface area contributed by atoms with Crippen molar-refractivity contribution in [3.63, 3.8) is 0 Å². The van der Waals surface area contributed by atoms with Crippen molar-refractivity contribution in [3.8, 4) is 11.3 Å². The summed E-state index contributed by atoms with van der Waals surface area (Å²) < 4.78 is 5.12. The molecule has 0 atom stereocenters. The Hall–Kier alpha value is -1.24. The van der Waals surface area contributed by atoms with Crippen LogP contribution in [0, 0.1) is 6.07 Å². The molecule has 1 aliphatic heterocycles. The smallest absolute Gasteiger partial charge is 0.134 e. The topological polar surface area (TPSA) is 13.1 Å². The maximum atomic E-state index is 5.12. The van der Waals surface area contributed by atoms with E-state index < -0.39 is 0 Å². The second kappa shape index (κ2) is 1.62. The lowest BCUT2D eigenvalue weighted by Crippen LogP contribution is -1.67. The molecule has 0 fully saturated rings. The monoisotopic (exact) mass is 117 g/mol. The van der Waals surface area contributed by atoms with Crippen molar-refractivity contribution < 1.29 is 4.42 Å². The first-order valence-corrected chi connectivity index (χ1v) is 2.80. The summed E-state index contributed by atoms with van der Waals surface area (Å²) in [5.41, 5.74) is 1.11. The average molecular weight is 117 g/mol. The summed E-state index contributed by atoms with van der Waals surface area (Å²) in [5, 5.41) is 0. The molecular weight excluding hydrogens is 112 g/mol. The molecule has 1 nitrogen and oxygen atoms in total. The second-order valence-electron chi connectivity index (χ2n) is 1.89. The largest absolute Gasteiger partial charge is 0.464 e. The first kappa shape index (κ1) is 4.62. The van der Waals surface area contributed by atoms with E-state index in [4.69, 9.17) is 4.42 Å². The van der Waals surface area contributed by atoms with Gasteiger partial charge in [-0.2, -0.15) is 0 Å². The SMILES string of the molecule is [c]1cc2cccoc-2c1. The minimum absolute atomic E-state index is 0.900. The molecule has 0 bridgehead atoms. The zero-order chi connectivity index (χ0) is 6.10. The van der Waals surface area contributed by atoms with Crippen LogP contribution in [-0.4, -0.2) is 0 Å². The number of hydrogen-bond donors (Lipinski definition) is 0. The fourth-order valence-electron chi connectivity index (χ4n) is 0.849. The average Bonchev–Trinajstić information content (AvgIpc) is 2.33.